The quantitative estimate of drug-likeness (QED) is 0.372. The van der Waals surface area contributed by atoms with Crippen molar-refractivity contribution in [3.63, 3.8) is 0 Å². The van der Waals surface area contributed by atoms with Crippen LogP contribution in [0.5, 0.6) is 5.75 Å². The first-order valence-electron chi connectivity index (χ1n) is 17.6. The number of halogens is 1. The minimum absolute atomic E-state index is 0.0296. The fourth-order valence-corrected chi connectivity index (χ4v) is 8.09. The van der Waals surface area contributed by atoms with E-state index in [4.69, 9.17) is 4.74 Å². The van der Waals surface area contributed by atoms with Crippen LogP contribution in [0.25, 0.3) is 0 Å². The van der Waals surface area contributed by atoms with Crippen molar-refractivity contribution in [3.8, 4) is 5.75 Å². The number of aromatic hydroxyl groups is 1. The predicted molar refractivity (Wildman–Crippen MR) is 191 cm³/mol. The minimum Gasteiger partial charge on any atom is -0.507 e. The van der Waals surface area contributed by atoms with Crippen LogP contribution in [0.15, 0.2) is 46.9 Å². The van der Waals surface area contributed by atoms with Crippen molar-refractivity contribution < 1.29 is 24.2 Å². The number of ether oxygens (including phenoxy) is 1. The van der Waals surface area contributed by atoms with Gasteiger partial charge in [-0.2, -0.15) is 0 Å². The van der Waals surface area contributed by atoms with Crippen LogP contribution in [0.2, 0.25) is 0 Å². The number of para-hydroxylation sites is 1. The molecule has 6 rings (SSSR count). The van der Waals surface area contributed by atoms with E-state index in [0.29, 0.717) is 36.6 Å². The topological polar surface area (TPSA) is 106 Å². The first kappa shape index (κ1) is 36.0. The number of phenolic OH excluding ortho intramolecular Hbond substituents is 1. The van der Waals surface area contributed by atoms with Crippen LogP contribution >= 0.6 is 15.9 Å². The molecular formula is C37H52BrN5O5. The molecule has 0 unspecified atom stereocenters. The molecule has 0 aliphatic carbocycles. The number of anilines is 1. The number of piperidine rings is 3. The Morgan fingerprint density at radius 2 is 1.65 bits per heavy atom. The van der Waals surface area contributed by atoms with Crippen molar-refractivity contribution in [2.45, 2.75) is 77.3 Å². The summed E-state index contributed by atoms with van der Waals surface area (Å²) in [5.41, 5.74) is 3.15. The van der Waals surface area contributed by atoms with E-state index in [1.165, 1.54) is 38.6 Å². The van der Waals surface area contributed by atoms with Crippen LogP contribution in [0.3, 0.4) is 0 Å². The van der Waals surface area contributed by atoms with Crippen LogP contribution in [0.4, 0.5) is 15.3 Å². The van der Waals surface area contributed by atoms with Gasteiger partial charge >= 0.3 is 12.1 Å². The van der Waals surface area contributed by atoms with Crippen LogP contribution in [0, 0.1) is 11.8 Å². The zero-order valence-corrected chi connectivity index (χ0v) is 30.3. The van der Waals surface area contributed by atoms with Gasteiger partial charge in [-0.3, -0.25) is 9.69 Å². The minimum atomic E-state index is -0.286. The third kappa shape index (κ3) is 9.22. The smallest absolute Gasteiger partial charge is 0.409 e. The number of likely N-dealkylation sites (tertiary alicyclic amines) is 3. The fourth-order valence-electron chi connectivity index (χ4n) is 7.67. The second-order valence-corrected chi connectivity index (χ2v) is 14.8. The van der Waals surface area contributed by atoms with Gasteiger partial charge in [0.05, 0.1) is 11.6 Å². The molecular weight excluding hydrogens is 674 g/mol. The molecule has 0 saturated carbocycles. The summed E-state index contributed by atoms with van der Waals surface area (Å²) in [7, 11) is 1.40. The fraction of sp³-hybridized carbons (Fsp3) is 0.595. The van der Waals surface area contributed by atoms with E-state index in [9.17, 15) is 19.5 Å². The van der Waals surface area contributed by atoms with Gasteiger partial charge in [0, 0.05) is 63.0 Å². The molecule has 4 amide bonds. The summed E-state index contributed by atoms with van der Waals surface area (Å²) in [4.78, 5) is 45.2. The third-order valence-corrected chi connectivity index (χ3v) is 11.1. The molecule has 11 heteroatoms. The van der Waals surface area contributed by atoms with Crippen molar-refractivity contribution >= 4 is 39.6 Å². The molecule has 0 bridgehead atoms. The van der Waals surface area contributed by atoms with Crippen LogP contribution in [-0.4, -0.2) is 108 Å². The molecule has 2 atom stereocenters. The maximum Gasteiger partial charge on any atom is 0.409 e. The van der Waals surface area contributed by atoms with Crippen LogP contribution in [-0.2, 0) is 22.4 Å². The normalized spacial score (nSPS) is 21.7. The molecule has 262 valence electrons. The van der Waals surface area contributed by atoms with Gasteiger partial charge in [0.25, 0.3) is 0 Å². The Balaban J connectivity index is 0.000000190. The zero-order chi connectivity index (χ0) is 34.2. The predicted octanol–water partition coefficient (Wildman–Crippen LogP) is 6.36. The largest absolute Gasteiger partial charge is 0.507 e. The monoisotopic (exact) mass is 725 g/mol. The third-order valence-electron chi connectivity index (χ3n) is 10.4. The summed E-state index contributed by atoms with van der Waals surface area (Å²) in [5.74, 6) is 1.28. The van der Waals surface area contributed by atoms with Gasteiger partial charge in [-0.1, -0.05) is 38.1 Å². The molecule has 48 heavy (non-hydrogen) atoms. The molecule has 3 saturated heterocycles. The van der Waals surface area contributed by atoms with E-state index in [0.717, 1.165) is 62.4 Å². The average Bonchev–Trinajstić information content (AvgIpc) is 3.27. The van der Waals surface area contributed by atoms with E-state index < -0.39 is 0 Å². The maximum absolute atomic E-state index is 12.8. The van der Waals surface area contributed by atoms with Gasteiger partial charge < -0.3 is 29.9 Å². The van der Waals surface area contributed by atoms with E-state index in [1.54, 1.807) is 11.0 Å². The standard InChI is InChI=1S/C21H31BrN2O2.C16H21N3O3/c1-15-4-3-9-24(14-15)18-7-10-23(11-8-18)21(26)16(2)12-17-5-6-20(25)19(22)13-17;1-22-16(21)18-9-7-13(8-10-18)19-11-6-12-4-2-3-5-14(12)17-15(19)20/h5-6,13,15-16,18,25H,3-4,7-12,14H2,1-2H3;2-5,13H,6-11H2,1H3,(H,17,20)/t15-,16+;/m0./s1. The number of nitrogens with one attached hydrogen (secondary N) is 1. The molecule has 4 aliphatic heterocycles. The van der Waals surface area contributed by atoms with Crippen LogP contribution < -0.4 is 5.32 Å². The summed E-state index contributed by atoms with van der Waals surface area (Å²) in [6.07, 6.45) is 7.75. The van der Waals surface area contributed by atoms with Crippen molar-refractivity contribution in [3.05, 3.63) is 58.1 Å². The molecule has 4 heterocycles. The molecule has 0 radical (unpaired) electrons. The molecule has 2 aromatic rings. The van der Waals surface area contributed by atoms with Gasteiger partial charge in [-0.25, -0.2) is 9.59 Å². The number of hydrogen-bond donors (Lipinski definition) is 2. The molecule has 3 fully saturated rings. The number of rotatable bonds is 5. The number of hydrogen-bond acceptors (Lipinski definition) is 6. The summed E-state index contributed by atoms with van der Waals surface area (Å²) in [6.45, 7) is 10.6. The summed E-state index contributed by atoms with van der Waals surface area (Å²) >= 11 is 3.35. The Morgan fingerprint density at radius 1 is 0.958 bits per heavy atom. The summed E-state index contributed by atoms with van der Waals surface area (Å²) in [5, 5.41) is 12.6. The Kier molecular flexibility index (Phi) is 12.7. The van der Waals surface area contributed by atoms with Crippen molar-refractivity contribution in [1.29, 1.82) is 0 Å². The highest BCUT2D eigenvalue weighted by atomic mass is 79.9. The lowest BCUT2D eigenvalue weighted by Crippen LogP contribution is -2.50. The van der Waals surface area contributed by atoms with Gasteiger partial charge in [0.2, 0.25) is 5.91 Å². The molecule has 2 aromatic carbocycles. The molecule has 4 aliphatic rings. The SMILES string of the molecule is COC(=O)N1CCC(N2CCc3ccccc3NC2=O)CC1.C[C@H]1CCCN(C2CCN(C(=O)[C@H](C)Cc3ccc(O)c(Br)c3)CC2)C1. The molecule has 0 spiro atoms. The number of amides is 4. The van der Waals surface area contributed by atoms with E-state index >= 15 is 0 Å². The first-order valence-corrected chi connectivity index (χ1v) is 18.4. The van der Waals surface area contributed by atoms with E-state index in [2.05, 4.69) is 44.0 Å². The van der Waals surface area contributed by atoms with E-state index in [1.807, 2.05) is 42.2 Å². The van der Waals surface area contributed by atoms with Crippen molar-refractivity contribution in [2.75, 3.05) is 58.2 Å². The lowest BCUT2D eigenvalue weighted by molar-refractivity contribution is -0.136. The number of carbonyl (C=O) groups excluding carboxylic acids is 3. The molecule has 10 nitrogen and oxygen atoms in total. The van der Waals surface area contributed by atoms with Gasteiger partial charge in [-0.15, -0.1) is 0 Å². The Morgan fingerprint density at radius 3 is 2.33 bits per heavy atom. The lowest BCUT2D eigenvalue weighted by Gasteiger charge is -2.42. The second-order valence-electron chi connectivity index (χ2n) is 13.9. The number of phenols is 1. The number of methoxy groups -OCH3 is 1. The second kappa shape index (κ2) is 16.9. The number of nitrogens with zero attached hydrogens (tertiary/aromatic N) is 4. The highest BCUT2D eigenvalue weighted by molar-refractivity contribution is 9.10. The first-order chi connectivity index (χ1) is 23.1. The lowest BCUT2D eigenvalue weighted by atomic mass is 9.94. The maximum atomic E-state index is 12.8. The molecule has 2 N–H and O–H groups in total. The van der Waals surface area contributed by atoms with E-state index in [-0.39, 0.29) is 35.7 Å². The van der Waals surface area contributed by atoms with Gasteiger partial charge in [-0.05, 0) is 109 Å². The molecule has 0 aromatic heterocycles. The summed E-state index contributed by atoms with van der Waals surface area (Å²) < 4.78 is 5.43. The number of urea groups is 1. The van der Waals surface area contributed by atoms with Crippen LogP contribution in [0.1, 0.15) is 63.5 Å². The highest BCUT2D eigenvalue weighted by Crippen LogP contribution is 2.28. The Labute approximate surface area is 293 Å². The van der Waals surface area contributed by atoms with Gasteiger partial charge in [0.1, 0.15) is 5.75 Å². The van der Waals surface area contributed by atoms with Crippen molar-refractivity contribution in [2.24, 2.45) is 11.8 Å². The Hall–Kier alpha value is -3.31. The average molecular weight is 727 g/mol. The zero-order valence-electron chi connectivity index (χ0n) is 28.7. The summed E-state index contributed by atoms with van der Waals surface area (Å²) in [6, 6.07) is 14.2. The van der Waals surface area contributed by atoms with Crippen molar-refractivity contribution in [1.82, 2.24) is 19.6 Å². The number of fused-ring (bicyclic) bond motifs is 1. The number of benzene rings is 2. The van der Waals surface area contributed by atoms with Gasteiger partial charge in [0.15, 0.2) is 0 Å². The number of carbonyl (C=O) groups is 3. The highest BCUT2D eigenvalue weighted by Gasteiger charge is 2.32. The Bertz CT molecular complexity index is 1410.